The molecule has 0 aliphatic heterocycles. The van der Waals surface area contributed by atoms with Crippen molar-refractivity contribution in [2.24, 2.45) is 0 Å². The summed E-state index contributed by atoms with van der Waals surface area (Å²) in [6.45, 7) is 5.71. The first kappa shape index (κ1) is 17.1. The number of aromatic amines is 2. The second kappa shape index (κ2) is 9.06. The van der Waals surface area contributed by atoms with Crippen LogP contribution in [0.25, 0.3) is 11.2 Å². The third-order valence-electron chi connectivity index (χ3n) is 2.00. The molecule has 108 valence electrons. The van der Waals surface area contributed by atoms with E-state index in [4.69, 9.17) is 15.9 Å². The van der Waals surface area contributed by atoms with E-state index < -0.39 is 6.10 Å². The average Bonchev–Trinajstić information content (AvgIpc) is 2.89. The SMILES string of the molecule is CC.CCC(O)CO.Nc1nc2nc[nH]c2c(=O)[nH]1. The topological polar surface area (TPSA) is 141 Å². The van der Waals surface area contributed by atoms with Gasteiger partial charge in [-0.1, -0.05) is 20.8 Å². The van der Waals surface area contributed by atoms with E-state index in [0.29, 0.717) is 17.6 Å². The van der Waals surface area contributed by atoms with Crippen molar-refractivity contribution in [3.8, 4) is 0 Å². The molecular weight excluding hydrogens is 250 g/mol. The number of H-pyrrole nitrogens is 2. The maximum Gasteiger partial charge on any atom is 0.278 e. The van der Waals surface area contributed by atoms with Gasteiger partial charge in [0.25, 0.3) is 5.56 Å². The zero-order chi connectivity index (χ0) is 14.8. The van der Waals surface area contributed by atoms with Crippen LogP contribution in [0.1, 0.15) is 27.2 Å². The molecule has 2 rings (SSSR count). The lowest BCUT2D eigenvalue weighted by atomic mass is 10.3. The molecule has 0 aliphatic carbocycles. The van der Waals surface area contributed by atoms with Crippen molar-refractivity contribution in [2.75, 3.05) is 12.3 Å². The Hall–Kier alpha value is -1.93. The summed E-state index contributed by atoms with van der Waals surface area (Å²) in [7, 11) is 0. The lowest BCUT2D eigenvalue weighted by Gasteiger charge is -1.97. The van der Waals surface area contributed by atoms with Gasteiger partial charge >= 0.3 is 0 Å². The number of nitrogens with one attached hydrogen (secondary N) is 2. The van der Waals surface area contributed by atoms with Crippen LogP contribution >= 0.6 is 0 Å². The van der Waals surface area contributed by atoms with E-state index in [1.54, 1.807) is 0 Å². The largest absolute Gasteiger partial charge is 0.394 e. The molecule has 19 heavy (non-hydrogen) atoms. The monoisotopic (exact) mass is 271 g/mol. The van der Waals surface area contributed by atoms with Crippen LogP contribution in [0, 0.1) is 0 Å². The zero-order valence-corrected chi connectivity index (χ0v) is 11.3. The smallest absolute Gasteiger partial charge is 0.278 e. The molecule has 1 unspecified atom stereocenters. The van der Waals surface area contributed by atoms with Crippen LogP contribution in [-0.4, -0.2) is 42.9 Å². The van der Waals surface area contributed by atoms with Crippen molar-refractivity contribution in [2.45, 2.75) is 33.3 Å². The van der Waals surface area contributed by atoms with E-state index in [9.17, 15) is 4.79 Å². The van der Waals surface area contributed by atoms with E-state index >= 15 is 0 Å². The normalized spacial score (nSPS) is 11.0. The molecular formula is C11H21N5O3. The Morgan fingerprint density at radius 2 is 2.11 bits per heavy atom. The Morgan fingerprint density at radius 1 is 1.47 bits per heavy atom. The molecule has 0 amide bonds. The number of aliphatic hydroxyl groups excluding tert-OH is 2. The molecule has 0 bridgehead atoms. The first-order chi connectivity index (χ1) is 9.08. The summed E-state index contributed by atoms with van der Waals surface area (Å²) >= 11 is 0. The molecule has 2 heterocycles. The fourth-order valence-corrected chi connectivity index (χ4v) is 0.989. The number of imidazole rings is 1. The molecule has 8 heteroatoms. The molecule has 0 aliphatic rings. The molecule has 6 N–H and O–H groups in total. The third-order valence-corrected chi connectivity index (χ3v) is 2.00. The van der Waals surface area contributed by atoms with Gasteiger partial charge in [-0.3, -0.25) is 9.78 Å². The highest BCUT2D eigenvalue weighted by molar-refractivity contribution is 5.69. The first-order valence-electron chi connectivity index (χ1n) is 6.06. The summed E-state index contributed by atoms with van der Waals surface area (Å²) in [6.07, 6.45) is 1.52. The number of hydrogen-bond donors (Lipinski definition) is 5. The van der Waals surface area contributed by atoms with Gasteiger partial charge in [0.15, 0.2) is 11.2 Å². The Labute approximate surface area is 110 Å². The fourth-order valence-electron chi connectivity index (χ4n) is 0.989. The summed E-state index contributed by atoms with van der Waals surface area (Å²) in [5.74, 6) is 0.0783. The highest BCUT2D eigenvalue weighted by Crippen LogP contribution is 1.98. The van der Waals surface area contributed by atoms with E-state index in [0.717, 1.165) is 0 Å². The second-order valence-corrected chi connectivity index (χ2v) is 3.30. The molecule has 1 atom stereocenters. The van der Waals surface area contributed by atoms with E-state index in [-0.39, 0.29) is 18.1 Å². The van der Waals surface area contributed by atoms with Gasteiger partial charge in [0.05, 0.1) is 19.0 Å². The van der Waals surface area contributed by atoms with Crippen LogP contribution in [0.5, 0.6) is 0 Å². The molecule has 0 radical (unpaired) electrons. The minimum atomic E-state index is -0.509. The van der Waals surface area contributed by atoms with Crippen molar-refractivity contribution >= 4 is 17.1 Å². The van der Waals surface area contributed by atoms with E-state index in [2.05, 4.69) is 19.9 Å². The van der Waals surface area contributed by atoms with Crippen molar-refractivity contribution in [3.63, 3.8) is 0 Å². The van der Waals surface area contributed by atoms with Gasteiger partial charge in [-0.2, -0.15) is 4.98 Å². The molecule has 0 spiro atoms. The summed E-state index contributed by atoms with van der Waals surface area (Å²) in [5.41, 5.74) is 5.65. The maximum atomic E-state index is 11.0. The Bertz CT molecular complexity index is 518. The van der Waals surface area contributed by atoms with Crippen LogP contribution in [0.4, 0.5) is 5.95 Å². The van der Waals surface area contributed by atoms with Crippen LogP contribution in [-0.2, 0) is 0 Å². The molecule has 8 nitrogen and oxygen atoms in total. The Morgan fingerprint density at radius 3 is 2.58 bits per heavy atom. The number of rotatable bonds is 2. The molecule has 0 saturated heterocycles. The van der Waals surface area contributed by atoms with Gasteiger partial charge in [-0.25, -0.2) is 4.98 Å². The van der Waals surface area contributed by atoms with Crippen molar-refractivity contribution < 1.29 is 10.2 Å². The van der Waals surface area contributed by atoms with Crippen molar-refractivity contribution in [1.82, 2.24) is 19.9 Å². The summed E-state index contributed by atoms with van der Waals surface area (Å²) in [5, 5.41) is 16.5. The van der Waals surface area contributed by atoms with E-state index in [1.807, 2.05) is 20.8 Å². The predicted molar refractivity (Wildman–Crippen MR) is 73.7 cm³/mol. The first-order valence-corrected chi connectivity index (χ1v) is 6.06. The highest BCUT2D eigenvalue weighted by Gasteiger charge is 2.01. The Balaban J connectivity index is 0.000000350. The van der Waals surface area contributed by atoms with Gasteiger partial charge in [-0.15, -0.1) is 0 Å². The Kier molecular flexibility index (Phi) is 8.14. The number of nitrogen functional groups attached to an aromatic ring is 1. The quantitative estimate of drug-likeness (QED) is 0.520. The molecule has 2 aromatic rings. The zero-order valence-electron chi connectivity index (χ0n) is 11.3. The van der Waals surface area contributed by atoms with Crippen LogP contribution < -0.4 is 11.3 Å². The second-order valence-electron chi connectivity index (χ2n) is 3.30. The number of aliphatic hydroxyl groups is 2. The maximum absolute atomic E-state index is 11.0. The third kappa shape index (κ3) is 5.49. The van der Waals surface area contributed by atoms with Crippen molar-refractivity contribution in [1.29, 1.82) is 0 Å². The number of aromatic nitrogens is 4. The highest BCUT2D eigenvalue weighted by atomic mass is 16.3. The van der Waals surface area contributed by atoms with Gasteiger partial charge in [0, 0.05) is 0 Å². The van der Waals surface area contributed by atoms with Gasteiger partial charge in [0.1, 0.15) is 0 Å². The fraction of sp³-hybridized carbons (Fsp3) is 0.545. The number of fused-ring (bicyclic) bond motifs is 1. The molecule has 2 aromatic heterocycles. The average molecular weight is 271 g/mol. The minimum Gasteiger partial charge on any atom is -0.394 e. The van der Waals surface area contributed by atoms with Crippen LogP contribution in [0.15, 0.2) is 11.1 Å². The van der Waals surface area contributed by atoms with Gasteiger partial charge in [0.2, 0.25) is 5.95 Å². The molecule has 0 saturated carbocycles. The lowest BCUT2D eigenvalue weighted by molar-refractivity contribution is 0.0923. The van der Waals surface area contributed by atoms with Crippen LogP contribution in [0.2, 0.25) is 0 Å². The van der Waals surface area contributed by atoms with Gasteiger partial charge < -0.3 is 20.9 Å². The predicted octanol–water partition coefficient (Wildman–Crippen LogP) is 0.00420. The molecule has 0 aromatic carbocycles. The standard InChI is InChI=1S/C5H5N5O.C4H10O2.C2H6/c6-5-9-3-2(4(11)10-5)7-1-8-3;1-2-4(6)3-5;1-2/h1H,(H4,6,7,8,9,10,11);4-6H,2-3H2,1H3;1-2H3. The summed E-state index contributed by atoms with van der Waals surface area (Å²) in [4.78, 5) is 23.5. The van der Waals surface area contributed by atoms with Crippen molar-refractivity contribution in [3.05, 3.63) is 16.7 Å². The number of anilines is 1. The number of hydrogen-bond acceptors (Lipinski definition) is 6. The number of nitrogens with zero attached hydrogens (tertiary/aromatic N) is 2. The molecule has 0 fully saturated rings. The van der Waals surface area contributed by atoms with Gasteiger partial charge in [-0.05, 0) is 6.42 Å². The minimum absolute atomic E-state index is 0.0783. The summed E-state index contributed by atoms with van der Waals surface area (Å²) < 4.78 is 0. The number of nitrogens with two attached hydrogens (primary N) is 1. The van der Waals surface area contributed by atoms with E-state index in [1.165, 1.54) is 6.33 Å². The lowest BCUT2D eigenvalue weighted by Crippen LogP contribution is -2.10. The summed E-state index contributed by atoms with van der Waals surface area (Å²) in [6, 6.07) is 0. The van der Waals surface area contributed by atoms with Crippen LogP contribution in [0.3, 0.4) is 0 Å².